The smallest absolute Gasteiger partial charge is 0.387 e. The van der Waals surface area contributed by atoms with Gasteiger partial charge in [0.2, 0.25) is 0 Å². The number of aromatic nitrogens is 3. The first-order valence-electron chi connectivity index (χ1n) is 13.4. The monoisotopic (exact) mass is 564 g/mol. The number of halogens is 3. The quantitative estimate of drug-likeness (QED) is 0.362. The van der Waals surface area contributed by atoms with Crippen molar-refractivity contribution in [1.82, 2.24) is 19.5 Å². The van der Waals surface area contributed by atoms with Crippen LogP contribution in [-0.2, 0) is 5.60 Å². The third-order valence-electron chi connectivity index (χ3n) is 8.91. The number of carbonyl (C=O) groups excluding carboxylic acids is 1. The standard InChI is InChI=1S/C30H27F3N4O4/c1-29(14-38)12-30(40,13-29)26-19(31)8-16(11-34-26)15-6-7-37-20(9-15)24-18-10-21(25(24)35-37)36(2)27(39)17-4-3-5-22(23(17)18)41-28(32)33/h3-9,11,18,21,28,38,40H,10,12-14H2,1-2H3. The van der Waals surface area contributed by atoms with E-state index in [9.17, 15) is 23.8 Å². The number of carbonyl (C=O) groups is 1. The van der Waals surface area contributed by atoms with Gasteiger partial charge in [-0.3, -0.25) is 9.78 Å². The lowest BCUT2D eigenvalue weighted by Crippen LogP contribution is -2.50. The fourth-order valence-electron chi connectivity index (χ4n) is 7.12. The Morgan fingerprint density at radius 3 is 2.66 bits per heavy atom. The van der Waals surface area contributed by atoms with Crippen molar-refractivity contribution in [2.45, 2.75) is 50.4 Å². The molecule has 1 amide bonds. The van der Waals surface area contributed by atoms with Crippen LogP contribution in [0.1, 0.15) is 71.0 Å². The van der Waals surface area contributed by atoms with E-state index in [0.29, 0.717) is 39.9 Å². The van der Waals surface area contributed by atoms with Gasteiger partial charge in [0.05, 0.1) is 17.3 Å². The van der Waals surface area contributed by atoms with Gasteiger partial charge in [0.25, 0.3) is 5.91 Å². The lowest BCUT2D eigenvalue weighted by Gasteiger charge is -2.50. The van der Waals surface area contributed by atoms with Crippen LogP contribution in [0.2, 0.25) is 0 Å². The Labute approximate surface area is 233 Å². The van der Waals surface area contributed by atoms with Crippen LogP contribution in [0.15, 0.2) is 48.8 Å². The summed E-state index contributed by atoms with van der Waals surface area (Å²) in [5, 5.41) is 25.2. The molecule has 0 saturated heterocycles. The van der Waals surface area contributed by atoms with Crippen molar-refractivity contribution in [2.24, 2.45) is 5.41 Å². The molecule has 1 fully saturated rings. The summed E-state index contributed by atoms with van der Waals surface area (Å²) in [4.78, 5) is 19.2. The number of hydrogen-bond acceptors (Lipinski definition) is 6. The number of nitrogens with zero attached hydrogens (tertiary/aromatic N) is 4. The highest BCUT2D eigenvalue weighted by Gasteiger charge is 2.53. The Morgan fingerprint density at radius 1 is 1.17 bits per heavy atom. The summed E-state index contributed by atoms with van der Waals surface area (Å²) in [5.74, 6) is -1.39. The average Bonchev–Trinajstić information content (AvgIpc) is 3.44. The maximum Gasteiger partial charge on any atom is 0.387 e. The minimum atomic E-state index is -3.05. The Kier molecular flexibility index (Phi) is 5.55. The van der Waals surface area contributed by atoms with Gasteiger partial charge in [0, 0.05) is 54.2 Å². The molecule has 4 aromatic rings. The van der Waals surface area contributed by atoms with E-state index >= 15 is 4.39 Å². The Bertz CT molecular complexity index is 1730. The van der Waals surface area contributed by atoms with Crippen molar-refractivity contribution in [3.63, 3.8) is 0 Å². The molecule has 2 atom stereocenters. The van der Waals surface area contributed by atoms with Crippen molar-refractivity contribution in [1.29, 1.82) is 0 Å². The van der Waals surface area contributed by atoms with Crippen molar-refractivity contribution in [3.8, 4) is 16.9 Å². The SMILES string of the molecule is CN1C(=O)c2cccc(OC(F)F)c2C2CC1c1nn3ccc(-c4cnc(C5(O)CC(C)(CO)C5)c(F)c4)cc3c12. The third kappa shape index (κ3) is 3.78. The van der Waals surface area contributed by atoms with Gasteiger partial charge in [-0.2, -0.15) is 13.9 Å². The molecular formula is C30H27F3N4O4. The van der Waals surface area contributed by atoms with Crippen molar-refractivity contribution in [2.75, 3.05) is 13.7 Å². The van der Waals surface area contributed by atoms with Crippen LogP contribution < -0.4 is 4.74 Å². The molecule has 8 nitrogen and oxygen atoms in total. The van der Waals surface area contributed by atoms with Crippen LogP contribution in [0.5, 0.6) is 5.75 Å². The van der Waals surface area contributed by atoms with Gasteiger partial charge in [-0.15, -0.1) is 0 Å². The van der Waals surface area contributed by atoms with Crippen molar-refractivity contribution >= 4 is 11.4 Å². The van der Waals surface area contributed by atoms with Gasteiger partial charge in [-0.25, -0.2) is 8.91 Å². The molecule has 7 rings (SSSR count). The molecule has 11 heteroatoms. The first kappa shape index (κ1) is 26.0. The summed E-state index contributed by atoms with van der Waals surface area (Å²) in [6.45, 7) is -1.32. The molecule has 1 aromatic carbocycles. The van der Waals surface area contributed by atoms with E-state index in [0.717, 1.165) is 5.56 Å². The van der Waals surface area contributed by atoms with E-state index < -0.39 is 29.4 Å². The molecule has 2 N–H and O–H groups in total. The van der Waals surface area contributed by atoms with Crippen LogP contribution in [0.25, 0.3) is 16.6 Å². The Hall–Kier alpha value is -3.96. The number of fused-ring (bicyclic) bond motifs is 9. The number of ether oxygens (including phenoxy) is 1. The van der Waals surface area contributed by atoms with Crippen LogP contribution in [0.3, 0.4) is 0 Å². The lowest BCUT2D eigenvalue weighted by molar-refractivity contribution is -0.148. The zero-order valence-corrected chi connectivity index (χ0v) is 22.3. The van der Waals surface area contributed by atoms with E-state index in [4.69, 9.17) is 9.84 Å². The molecule has 1 aliphatic heterocycles. The second-order valence-electron chi connectivity index (χ2n) is 11.8. The van der Waals surface area contributed by atoms with Crippen LogP contribution in [0.4, 0.5) is 13.2 Å². The van der Waals surface area contributed by atoms with E-state index in [-0.39, 0.29) is 42.8 Å². The normalized spacial score (nSPS) is 26.6. The molecule has 3 aliphatic rings. The van der Waals surface area contributed by atoms with Crippen LogP contribution >= 0.6 is 0 Å². The van der Waals surface area contributed by atoms with E-state index in [1.165, 1.54) is 24.4 Å². The molecule has 0 spiro atoms. The Morgan fingerprint density at radius 2 is 1.95 bits per heavy atom. The van der Waals surface area contributed by atoms with Crippen molar-refractivity contribution < 1.29 is 32.9 Å². The highest BCUT2D eigenvalue weighted by atomic mass is 19.3. The minimum absolute atomic E-state index is 0.0404. The zero-order valence-electron chi connectivity index (χ0n) is 22.3. The van der Waals surface area contributed by atoms with Crippen LogP contribution in [0, 0.1) is 11.2 Å². The molecule has 0 radical (unpaired) electrons. The summed E-state index contributed by atoms with van der Waals surface area (Å²) < 4.78 is 48.5. The van der Waals surface area contributed by atoms with Gasteiger partial charge in [-0.1, -0.05) is 13.0 Å². The number of aliphatic hydroxyl groups is 2. The van der Waals surface area contributed by atoms with Crippen LogP contribution in [-0.4, -0.2) is 55.9 Å². The third-order valence-corrected chi connectivity index (χ3v) is 8.91. The van der Waals surface area contributed by atoms with Gasteiger partial charge < -0.3 is 19.8 Å². The molecule has 212 valence electrons. The van der Waals surface area contributed by atoms with E-state index in [1.807, 2.05) is 13.0 Å². The average molecular weight is 565 g/mol. The van der Waals surface area contributed by atoms with E-state index in [2.05, 4.69) is 4.98 Å². The number of rotatable bonds is 5. The predicted molar refractivity (Wildman–Crippen MR) is 141 cm³/mol. The van der Waals surface area contributed by atoms with E-state index in [1.54, 1.807) is 34.8 Å². The highest BCUT2D eigenvalue weighted by Crippen LogP contribution is 2.55. The molecule has 3 aromatic heterocycles. The maximum atomic E-state index is 15.3. The fourth-order valence-corrected chi connectivity index (χ4v) is 7.12. The molecule has 2 aliphatic carbocycles. The molecular weight excluding hydrogens is 537 g/mol. The number of amides is 1. The fraction of sp³-hybridized carbons (Fsp3) is 0.367. The predicted octanol–water partition coefficient (Wildman–Crippen LogP) is 4.78. The maximum absolute atomic E-state index is 15.3. The number of hydrogen-bond donors (Lipinski definition) is 2. The first-order valence-corrected chi connectivity index (χ1v) is 13.4. The second-order valence-corrected chi connectivity index (χ2v) is 11.8. The van der Waals surface area contributed by atoms with Gasteiger partial charge in [-0.05, 0) is 60.6 Å². The first-order chi connectivity index (χ1) is 19.5. The number of benzene rings is 1. The summed E-state index contributed by atoms with van der Waals surface area (Å²) in [7, 11) is 1.68. The number of alkyl halides is 2. The lowest BCUT2D eigenvalue weighted by atomic mass is 9.59. The Balaban J connectivity index is 1.32. The topological polar surface area (TPSA) is 100 Å². The van der Waals surface area contributed by atoms with Gasteiger partial charge >= 0.3 is 6.61 Å². The number of pyridine rings is 2. The van der Waals surface area contributed by atoms with Gasteiger partial charge in [0.15, 0.2) is 0 Å². The molecule has 1 saturated carbocycles. The summed E-state index contributed by atoms with van der Waals surface area (Å²) in [6.07, 6.45) is 4.13. The van der Waals surface area contributed by atoms with Crippen molar-refractivity contribution in [3.05, 3.63) is 82.7 Å². The summed E-state index contributed by atoms with van der Waals surface area (Å²) in [5.41, 5.74) is 2.11. The summed E-state index contributed by atoms with van der Waals surface area (Å²) >= 11 is 0. The molecule has 41 heavy (non-hydrogen) atoms. The molecule has 2 unspecified atom stereocenters. The largest absolute Gasteiger partial charge is 0.434 e. The minimum Gasteiger partial charge on any atom is -0.434 e. The van der Waals surface area contributed by atoms with Gasteiger partial charge in [0.1, 0.15) is 22.9 Å². The number of aliphatic hydroxyl groups excluding tert-OH is 1. The molecule has 2 bridgehead atoms. The zero-order chi connectivity index (χ0) is 28.8. The summed E-state index contributed by atoms with van der Waals surface area (Å²) in [6, 6.07) is 9.19. The second kappa shape index (κ2) is 8.77. The molecule has 4 heterocycles. The highest BCUT2D eigenvalue weighted by molar-refractivity contribution is 5.98.